The van der Waals surface area contributed by atoms with Crippen molar-refractivity contribution in [2.45, 2.75) is 168 Å². The first-order chi connectivity index (χ1) is 30.2. The Hall–Kier alpha value is -4.09. The predicted molar refractivity (Wildman–Crippen MR) is 247 cm³/mol. The number of carboxylic acids is 1. The number of aliphatic carboxylic acids is 1. The Balaban J connectivity index is 2.05. The molecule has 2 aliphatic rings. The van der Waals surface area contributed by atoms with Crippen LogP contribution in [0.3, 0.4) is 0 Å². The fourth-order valence-electron chi connectivity index (χ4n) is 8.48. The van der Waals surface area contributed by atoms with Crippen molar-refractivity contribution in [3.8, 4) is 5.75 Å². The number of benzene rings is 1. The van der Waals surface area contributed by atoms with Crippen LogP contribution in [-0.4, -0.2) is 110 Å². The molecule has 0 bridgehead atoms. The number of esters is 1. The maximum Gasteiger partial charge on any atom is 0.409 e. The summed E-state index contributed by atoms with van der Waals surface area (Å²) in [4.78, 5) is 52.3. The third-order valence-electron chi connectivity index (χ3n) is 12.8. The first kappa shape index (κ1) is 54.2. The van der Waals surface area contributed by atoms with E-state index in [0.717, 1.165) is 24.6 Å². The van der Waals surface area contributed by atoms with Crippen LogP contribution in [0.5, 0.6) is 5.75 Å². The third kappa shape index (κ3) is 15.2. The molecule has 2 aliphatic heterocycles. The van der Waals surface area contributed by atoms with Gasteiger partial charge in [-0.25, -0.2) is 4.79 Å². The minimum Gasteiger partial charge on any atom is -0.483 e. The highest BCUT2D eigenvalue weighted by molar-refractivity contribution is 6.73. The van der Waals surface area contributed by atoms with E-state index in [4.69, 9.17) is 32.8 Å². The molecule has 12 atom stereocenters. The highest BCUT2D eigenvalue weighted by Crippen LogP contribution is 2.39. The number of rotatable bonds is 22. The molecule has 1 saturated heterocycles. The van der Waals surface area contributed by atoms with Gasteiger partial charge in [0.05, 0.1) is 23.2 Å². The number of epoxide rings is 1. The molecular formula is C48H76N2O13Si. The lowest BCUT2D eigenvalue weighted by Crippen LogP contribution is -2.51. The number of carboxylic acid groups (broad SMARTS) is 1. The second kappa shape index (κ2) is 25.0. The Labute approximate surface area is 382 Å². The minimum atomic E-state index is -2.50. The number of allylic oxidation sites excluding steroid dienone is 3. The molecule has 1 aromatic carbocycles. The molecule has 1 N–H and O–H groups in total. The highest BCUT2D eigenvalue weighted by atomic mass is 28.4. The Kier molecular flexibility index (Phi) is 21.2. The zero-order valence-corrected chi connectivity index (χ0v) is 41.4. The predicted octanol–water partition coefficient (Wildman–Crippen LogP) is 9.90. The highest BCUT2D eigenvalue weighted by Gasteiger charge is 2.48. The smallest absolute Gasteiger partial charge is 0.409 e. The fourth-order valence-corrected chi connectivity index (χ4v) is 11.4. The van der Waals surface area contributed by atoms with Crippen molar-refractivity contribution < 1.29 is 57.3 Å². The Bertz CT molecular complexity index is 1760. The topological polar surface area (TPSA) is 186 Å². The van der Waals surface area contributed by atoms with E-state index in [9.17, 15) is 29.6 Å². The van der Waals surface area contributed by atoms with E-state index in [-0.39, 0.29) is 54.8 Å². The van der Waals surface area contributed by atoms with E-state index in [1.54, 1.807) is 21.0 Å². The molecule has 1 fully saturated rings. The van der Waals surface area contributed by atoms with Gasteiger partial charge in [0.15, 0.2) is 20.5 Å². The van der Waals surface area contributed by atoms with Gasteiger partial charge in [-0.1, -0.05) is 72.8 Å². The van der Waals surface area contributed by atoms with Crippen LogP contribution in [-0.2, 0) is 37.7 Å². The number of ether oxygens (including phenoxy) is 6. The van der Waals surface area contributed by atoms with Crippen molar-refractivity contribution in [1.82, 2.24) is 4.90 Å². The monoisotopic (exact) mass is 917 g/mol. The molecule has 16 heteroatoms. The second-order valence-corrected chi connectivity index (χ2v) is 22.6. The fraction of sp³-hybridized carbons (Fsp3) is 0.688. The summed E-state index contributed by atoms with van der Waals surface area (Å²) < 4.78 is 44.0. The summed E-state index contributed by atoms with van der Waals surface area (Å²) in [5.41, 5.74) is -0.578. The van der Waals surface area contributed by atoms with E-state index in [2.05, 4.69) is 13.0 Å². The first-order valence-electron chi connectivity index (χ1n) is 23.1. The van der Waals surface area contributed by atoms with Gasteiger partial charge in [-0.2, -0.15) is 0 Å². The summed E-state index contributed by atoms with van der Waals surface area (Å²) in [7, 11) is 0.818. The largest absolute Gasteiger partial charge is 0.483 e. The SMILES string of the molecule is CCOC(C)OC1(C)CCC(O[Si](CC)(CC)CC)C(C(=O)O)C(=O)OC(/C(C)=C/C=C/C(C)CC2OC2C(C)C(CC)OC(=O)N(C)C)C(C)/C=C\C1Oc1ccc([N+](=O)[O-])cc1. The number of non-ortho nitro benzene ring substituents is 1. The number of nitrogens with zero attached hydrogens (tertiary/aromatic N) is 2. The van der Waals surface area contributed by atoms with Gasteiger partial charge in [0.1, 0.15) is 29.7 Å². The molecule has 0 spiro atoms. The number of nitro groups is 1. The molecule has 64 heavy (non-hydrogen) atoms. The Morgan fingerprint density at radius 2 is 1.70 bits per heavy atom. The summed E-state index contributed by atoms with van der Waals surface area (Å²) in [5, 5.41) is 22.3. The van der Waals surface area contributed by atoms with Crippen LogP contribution in [0.25, 0.3) is 0 Å². The molecule has 1 amide bonds. The van der Waals surface area contributed by atoms with Gasteiger partial charge in [0.25, 0.3) is 5.69 Å². The zero-order valence-electron chi connectivity index (χ0n) is 40.4. The Morgan fingerprint density at radius 3 is 2.25 bits per heavy atom. The van der Waals surface area contributed by atoms with Crippen LogP contribution in [0, 0.1) is 33.8 Å². The van der Waals surface area contributed by atoms with Crippen molar-refractivity contribution in [3.05, 3.63) is 70.3 Å². The van der Waals surface area contributed by atoms with Crippen molar-refractivity contribution in [1.29, 1.82) is 0 Å². The lowest BCUT2D eigenvalue weighted by atomic mass is 9.86. The van der Waals surface area contributed by atoms with E-state index < -0.39 is 67.2 Å². The van der Waals surface area contributed by atoms with Crippen LogP contribution < -0.4 is 4.74 Å². The van der Waals surface area contributed by atoms with Gasteiger partial charge >= 0.3 is 18.0 Å². The van der Waals surface area contributed by atoms with Gasteiger partial charge in [0, 0.05) is 44.7 Å². The molecule has 0 aliphatic carbocycles. The summed E-state index contributed by atoms with van der Waals surface area (Å²) >= 11 is 0. The van der Waals surface area contributed by atoms with Crippen molar-refractivity contribution in [3.63, 3.8) is 0 Å². The molecule has 1 aromatic rings. The average molecular weight is 917 g/mol. The lowest BCUT2D eigenvalue weighted by Gasteiger charge is -2.41. The van der Waals surface area contributed by atoms with E-state index in [1.807, 2.05) is 86.6 Å². The molecule has 15 nitrogen and oxygen atoms in total. The summed E-state index contributed by atoms with van der Waals surface area (Å²) in [6.07, 6.45) is 7.25. The summed E-state index contributed by atoms with van der Waals surface area (Å²) in [6, 6.07) is 7.97. The number of hydrogen-bond donors (Lipinski definition) is 1. The van der Waals surface area contributed by atoms with Crippen LogP contribution in [0.4, 0.5) is 10.5 Å². The second-order valence-electron chi connectivity index (χ2n) is 17.8. The van der Waals surface area contributed by atoms with E-state index in [1.165, 1.54) is 29.2 Å². The average Bonchev–Trinajstić information content (AvgIpc) is 4.02. The minimum absolute atomic E-state index is 0.0195. The van der Waals surface area contributed by atoms with Crippen LogP contribution in [0.1, 0.15) is 102 Å². The number of amides is 1. The normalized spacial score (nSPS) is 28.1. The van der Waals surface area contributed by atoms with Crippen LogP contribution >= 0.6 is 0 Å². The number of nitro benzene ring substituents is 1. The maximum absolute atomic E-state index is 14.4. The van der Waals surface area contributed by atoms with Crippen LogP contribution in [0.15, 0.2) is 60.2 Å². The van der Waals surface area contributed by atoms with Gasteiger partial charge in [-0.3, -0.25) is 19.7 Å². The molecule has 3 rings (SSSR count). The quantitative estimate of drug-likeness (QED) is 0.0133. The zero-order chi connectivity index (χ0) is 47.9. The van der Waals surface area contributed by atoms with Crippen molar-refractivity contribution >= 4 is 32.0 Å². The molecule has 360 valence electrons. The molecule has 0 aromatic heterocycles. The number of hydrogen-bond acceptors (Lipinski definition) is 12. The number of cyclic esters (lactones) is 1. The molecule has 2 heterocycles. The molecule has 12 unspecified atom stereocenters. The number of carbonyl (C=O) groups excluding carboxylic acids is 2. The number of carbonyl (C=O) groups is 3. The van der Waals surface area contributed by atoms with Gasteiger partial charge in [0.2, 0.25) is 0 Å². The van der Waals surface area contributed by atoms with Crippen LogP contribution in [0.2, 0.25) is 18.1 Å². The van der Waals surface area contributed by atoms with E-state index >= 15 is 0 Å². The summed E-state index contributed by atoms with van der Waals surface area (Å²) in [5.74, 6) is -3.82. The lowest BCUT2D eigenvalue weighted by molar-refractivity contribution is -0.384. The first-order valence-corrected chi connectivity index (χ1v) is 25.6. The van der Waals surface area contributed by atoms with Gasteiger partial charge in [-0.15, -0.1) is 0 Å². The molecular weight excluding hydrogens is 841 g/mol. The maximum atomic E-state index is 14.4. The summed E-state index contributed by atoms with van der Waals surface area (Å²) in [6.45, 7) is 21.9. The molecule has 0 saturated carbocycles. The van der Waals surface area contributed by atoms with Crippen molar-refractivity contribution in [2.75, 3.05) is 20.7 Å². The standard InChI is InChI=1S/C48H76N2O13Si/c1-14-38(60-47(54)49(12)13)34(9)44-40(59-44)30-31(6)20-19-21-32(7)43-33(8)22-27-41(58-37-25-23-36(24-26-37)50(55)56)48(11,62-35(10)57-15-2)29-28-39(42(45(51)52)46(53)61-43)63-64(16-3,17-4)18-5/h19-27,31,33-35,38-44H,14-18,28-30H2,1-13H3,(H,51,52)/b20-19+,27-22-,32-21+. The van der Waals surface area contributed by atoms with Crippen molar-refractivity contribution in [2.24, 2.45) is 23.7 Å². The Morgan fingerprint density at radius 1 is 1.06 bits per heavy atom. The third-order valence-corrected chi connectivity index (χ3v) is 17.5. The van der Waals surface area contributed by atoms with E-state index in [0.29, 0.717) is 24.4 Å². The molecule has 0 radical (unpaired) electrons. The van der Waals surface area contributed by atoms with Gasteiger partial charge in [-0.05, 0) is 101 Å². The van der Waals surface area contributed by atoms with Gasteiger partial charge < -0.3 is 42.9 Å².